The van der Waals surface area contributed by atoms with E-state index in [1.807, 2.05) is 19.9 Å². The summed E-state index contributed by atoms with van der Waals surface area (Å²) in [5, 5.41) is 4.79. The van der Waals surface area contributed by atoms with Crippen molar-refractivity contribution in [3.05, 3.63) is 29.3 Å². The molecule has 0 radical (unpaired) electrons. The smallest absolute Gasteiger partial charge is 0.336 e. The van der Waals surface area contributed by atoms with Crippen LogP contribution in [0.2, 0.25) is 5.02 Å². The minimum atomic E-state index is -0.780. The van der Waals surface area contributed by atoms with Crippen molar-refractivity contribution in [1.82, 2.24) is 14.8 Å². The van der Waals surface area contributed by atoms with E-state index in [1.165, 1.54) is 4.68 Å². The summed E-state index contributed by atoms with van der Waals surface area (Å²) in [6, 6.07) is 7.27. The highest BCUT2D eigenvalue weighted by Gasteiger charge is 2.32. The van der Waals surface area contributed by atoms with Gasteiger partial charge < -0.3 is 4.74 Å². The number of carbonyl (C=O) groups is 1. The zero-order valence-electron chi connectivity index (χ0n) is 14.2. The molecule has 1 aromatic carbocycles. The van der Waals surface area contributed by atoms with Crippen LogP contribution in [0.25, 0.3) is 11.4 Å². The van der Waals surface area contributed by atoms with E-state index >= 15 is 0 Å². The molecule has 0 saturated carbocycles. The van der Waals surface area contributed by atoms with Crippen LogP contribution in [0.3, 0.4) is 0 Å². The first kappa shape index (κ1) is 18.7. The first-order chi connectivity index (χ1) is 11.2. The number of rotatable bonds is 6. The SMILES string of the molecule is CC(C)COc1nc(-c2cccc(Cl)c2)n(C(=O)C(C)(C)CCl)n1. The average Bonchev–Trinajstić information content (AvgIpc) is 2.96. The standard InChI is InChI=1S/C17H21Cl2N3O2/c1-11(2)9-24-16-20-14(12-6-5-7-13(19)8-12)22(21-16)15(23)17(3,4)10-18/h5-8,11H,9-10H2,1-4H3. The van der Waals surface area contributed by atoms with Crippen molar-refractivity contribution in [2.24, 2.45) is 11.3 Å². The van der Waals surface area contributed by atoms with Gasteiger partial charge >= 0.3 is 6.01 Å². The molecule has 1 aromatic heterocycles. The Bertz CT molecular complexity index is 726. The summed E-state index contributed by atoms with van der Waals surface area (Å²) in [7, 11) is 0. The molecule has 24 heavy (non-hydrogen) atoms. The fraction of sp³-hybridized carbons (Fsp3) is 0.471. The van der Waals surface area contributed by atoms with E-state index in [9.17, 15) is 4.79 Å². The number of halogens is 2. The van der Waals surface area contributed by atoms with Crippen molar-refractivity contribution < 1.29 is 9.53 Å². The molecule has 0 N–H and O–H groups in total. The van der Waals surface area contributed by atoms with Crippen LogP contribution in [-0.4, -0.2) is 33.2 Å². The van der Waals surface area contributed by atoms with E-state index in [2.05, 4.69) is 10.1 Å². The van der Waals surface area contributed by atoms with Gasteiger partial charge in [0.1, 0.15) is 0 Å². The molecule has 0 atom stereocenters. The molecule has 0 fully saturated rings. The van der Waals surface area contributed by atoms with E-state index in [0.29, 0.717) is 28.9 Å². The van der Waals surface area contributed by atoms with Crippen LogP contribution in [0.15, 0.2) is 24.3 Å². The van der Waals surface area contributed by atoms with Crippen LogP contribution in [0.5, 0.6) is 6.01 Å². The number of nitrogens with zero attached hydrogens (tertiary/aromatic N) is 3. The maximum atomic E-state index is 12.8. The van der Waals surface area contributed by atoms with Crippen LogP contribution in [0, 0.1) is 11.3 Å². The third kappa shape index (κ3) is 4.28. The summed E-state index contributed by atoms with van der Waals surface area (Å²) in [5.41, 5.74) is -0.0918. The zero-order chi connectivity index (χ0) is 17.9. The third-order valence-electron chi connectivity index (χ3n) is 3.32. The Morgan fingerprint density at radius 2 is 2.08 bits per heavy atom. The van der Waals surface area contributed by atoms with Gasteiger partial charge in [-0.05, 0) is 31.9 Å². The maximum Gasteiger partial charge on any atom is 0.336 e. The molecule has 0 spiro atoms. The fourth-order valence-corrected chi connectivity index (χ4v) is 2.20. The summed E-state index contributed by atoms with van der Waals surface area (Å²) in [6.45, 7) is 8.04. The van der Waals surface area contributed by atoms with Gasteiger partial charge in [0.15, 0.2) is 5.82 Å². The minimum Gasteiger partial charge on any atom is -0.462 e. The Hall–Kier alpha value is -1.59. The minimum absolute atomic E-state index is 0.164. The van der Waals surface area contributed by atoms with E-state index in [-0.39, 0.29) is 17.8 Å². The number of carbonyl (C=O) groups excluding carboxylic acids is 1. The Morgan fingerprint density at radius 1 is 1.38 bits per heavy atom. The van der Waals surface area contributed by atoms with Gasteiger partial charge in [-0.3, -0.25) is 4.79 Å². The van der Waals surface area contributed by atoms with Crippen LogP contribution >= 0.6 is 23.2 Å². The summed E-state index contributed by atoms with van der Waals surface area (Å²) in [4.78, 5) is 17.2. The first-order valence-electron chi connectivity index (χ1n) is 7.71. The maximum absolute atomic E-state index is 12.8. The molecule has 0 aliphatic rings. The quantitative estimate of drug-likeness (QED) is 0.701. The topological polar surface area (TPSA) is 57.0 Å². The van der Waals surface area contributed by atoms with Crippen LogP contribution in [-0.2, 0) is 0 Å². The lowest BCUT2D eigenvalue weighted by Gasteiger charge is -2.19. The fourth-order valence-electron chi connectivity index (χ4n) is 1.90. The van der Waals surface area contributed by atoms with Gasteiger partial charge in [-0.25, -0.2) is 0 Å². The molecular weight excluding hydrogens is 349 g/mol. The lowest BCUT2D eigenvalue weighted by Crippen LogP contribution is -2.32. The van der Waals surface area contributed by atoms with Crippen molar-refractivity contribution in [2.45, 2.75) is 27.7 Å². The second-order valence-corrected chi connectivity index (χ2v) is 7.37. The number of aromatic nitrogens is 3. The predicted molar refractivity (Wildman–Crippen MR) is 95.9 cm³/mol. The van der Waals surface area contributed by atoms with Crippen molar-refractivity contribution in [2.75, 3.05) is 12.5 Å². The summed E-state index contributed by atoms with van der Waals surface area (Å²) < 4.78 is 6.83. The Balaban J connectivity index is 2.48. The van der Waals surface area contributed by atoms with Gasteiger partial charge in [0.25, 0.3) is 5.91 Å². The molecule has 5 nitrogen and oxygen atoms in total. The van der Waals surface area contributed by atoms with Crippen molar-refractivity contribution in [1.29, 1.82) is 0 Å². The van der Waals surface area contributed by atoms with Gasteiger partial charge in [0, 0.05) is 16.5 Å². The van der Waals surface area contributed by atoms with E-state index in [0.717, 1.165) is 0 Å². The van der Waals surface area contributed by atoms with Crippen LogP contribution < -0.4 is 4.74 Å². The van der Waals surface area contributed by atoms with Crippen LogP contribution in [0.1, 0.15) is 32.5 Å². The summed E-state index contributed by atoms with van der Waals surface area (Å²) >= 11 is 12.0. The second-order valence-electron chi connectivity index (χ2n) is 6.67. The lowest BCUT2D eigenvalue weighted by atomic mass is 9.95. The van der Waals surface area contributed by atoms with Crippen molar-refractivity contribution in [3.63, 3.8) is 0 Å². The van der Waals surface area contributed by atoms with Crippen molar-refractivity contribution in [3.8, 4) is 17.4 Å². The van der Waals surface area contributed by atoms with Gasteiger partial charge in [0.2, 0.25) is 0 Å². The lowest BCUT2D eigenvalue weighted by molar-refractivity contribution is 0.0752. The number of hydrogen-bond acceptors (Lipinski definition) is 4. The van der Waals surface area contributed by atoms with E-state index < -0.39 is 5.41 Å². The highest BCUT2D eigenvalue weighted by atomic mass is 35.5. The molecule has 1 heterocycles. The zero-order valence-corrected chi connectivity index (χ0v) is 15.7. The molecular formula is C17H21Cl2N3O2. The summed E-state index contributed by atoms with van der Waals surface area (Å²) in [6.07, 6.45) is 0. The summed E-state index contributed by atoms with van der Waals surface area (Å²) in [5.74, 6) is 0.628. The molecule has 2 aromatic rings. The molecule has 7 heteroatoms. The largest absolute Gasteiger partial charge is 0.462 e. The van der Waals surface area contributed by atoms with Gasteiger partial charge in [-0.1, -0.05) is 37.6 Å². The van der Waals surface area contributed by atoms with E-state index in [4.69, 9.17) is 27.9 Å². The monoisotopic (exact) mass is 369 g/mol. The molecule has 0 amide bonds. The van der Waals surface area contributed by atoms with Gasteiger partial charge in [-0.15, -0.1) is 16.7 Å². The van der Waals surface area contributed by atoms with Gasteiger partial charge in [0.05, 0.1) is 12.0 Å². The third-order valence-corrected chi connectivity index (χ3v) is 4.22. The second kappa shape index (κ2) is 7.53. The molecule has 0 bridgehead atoms. The Morgan fingerprint density at radius 3 is 2.67 bits per heavy atom. The molecule has 0 aliphatic carbocycles. The molecule has 0 aliphatic heterocycles. The normalized spacial score (nSPS) is 11.8. The van der Waals surface area contributed by atoms with E-state index in [1.54, 1.807) is 32.0 Å². The average molecular weight is 370 g/mol. The van der Waals surface area contributed by atoms with Gasteiger partial charge in [-0.2, -0.15) is 9.67 Å². The number of alkyl halides is 1. The molecule has 0 saturated heterocycles. The Labute approximate surface area is 151 Å². The predicted octanol–water partition coefficient (Wildman–Crippen LogP) is 4.54. The highest BCUT2D eigenvalue weighted by molar-refractivity contribution is 6.30. The number of hydrogen-bond donors (Lipinski definition) is 0. The molecule has 2 rings (SSSR count). The number of ether oxygens (including phenoxy) is 1. The van der Waals surface area contributed by atoms with Crippen LogP contribution in [0.4, 0.5) is 0 Å². The molecule has 0 unspecified atom stereocenters. The number of benzene rings is 1. The first-order valence-corrected chi connectivity index (χ1v) is 8.62. The van der Waals surface area contributed by atoms with Crippen molar-refractivity contribution >= 4 is 29.1 Å². The Kier molecular flexibility index (Phi) is 5.88. The molecule has 130 valence electrons. The highest BCUT2D eigenvalue weighted by Crippen LogP contribution is 2.27.